The minimum Gasteiger partial charge on any atom is -0.396 e. The molecule has 7 atom stereocenters. The van der Waals surface area contributed by atoms with Crippen molar-refractivity contribution in [1.82, 2.24) is 0 Å². The van der Waals surface area contributed by atoms with Crippen molar-refractivity contribution in [2.45, 2.75) is 50.3 Å². The van der Waals surface area contributed by atoms with E-state index >= 15 is 0 Å². The van der Waals surface area contributed by atoms with Gasteiger partial charge in [0.15, 0.2) is 5.78 Å². The van der Waals surface area contributed by atoms with Crippen LogP contribution in [0.15, 0.2) is 11.6 Å². The van der Waals surface area contributed by atoms with E-state index < -0.39 is 47.5 Å². The third-order valence-electron chi connectivity index (χ3n) is 6.43. The number of Topliss-reactive ketones (excluding diaryl/α,β-unsaturated/α-hetero) is 1. The summed E-state index contributed by atoms with van der Waals surface area (Å²) in [5, 5.41) is 31.1. The lowest BCUT2D eigenvalue weighted by molar-refractivity contribution is -0.244. The molecule has 4 rings (SSSR count). The average molecular weight is 296 g/mol. The van der Waals surface area contributed by atoms with E-state index in [4.69, 9.17) is 9.47 Å². The van der Waals surface area contributed by atoms with Gasteiger partial charge in [0.2, 0.25) is 0 Å². The zero-order valence-electron chi connectivity index (χ0n) is 12.1. The second-order valence-corrected chi connectivity index (χ2v) is 7.07. The lowest BCUT2D eigenvalue weighted by Crippen LogP contribution is -2.70. The van der Waals surface area contributed by atoms with Gasteiger partial charge in [-0.05, 0) is 25.0 Å². The molecule has 2 aliphatic heterocycles. The summed E-state index contributed by atoms with van der Waals surface area (Å²) >= 11 is 0. The van der Waals surface area contributed by atoms with Crippen LogP contribution in [-0.4, -0.2) is 64.3 Å². The average Bonchev–Trinajstić information content (AvgIpc) is 3.20. The number of carbonyl (C=O) groups is 1. The number of ether oxygens (including phenoxy) is 2. The smallest absolute Gasteiger partial charge is 0.187 e. The minimum absolute atomic E-state index is 0.339. The Bertz CT molecular complexity index is 552. The van der Waals surface area contributed by atoms with Gasteiger partial charge in [-0.3, -0.25) is 4.79 Å². The van der Waals surface area contributed by atoms with Gasteiger partial charge in [0.05, 0.1) is 30.8 Å². The molecule has 1 spiro atoms. The molecule has 6 heteroatoms. The van der Waals surface area contributed by atoms with Crippen LogP contribution in [0.3, 0.4) is 0 Å². The maximum atomic E-state index is 12.3. The second-order valence-electron chi connectivity index (χ2n) is 7.07. The predicted octanol–water partition coefficient (Wildman–Crippen LogP) is -0.838. The molecule has 6 nitrogen and oxygen atoms in total. The summed E-state index contributed by atoms with van der Waals surface area (Å²) in [6.45, 7) is 3.55. The van der Waals surface area contributed by atoms with Crippen molar-refractivity contribution in [3.63, 3.8) is 0 Å². The first-order valence-corrected chi connectivity index (χ1v) is 7.33. The molecule has 116 valence electrons. The van der Waals surface area contributed by atoms with E-state index in [0.29, 0.717) is 18.6 Å². The molecule has 21 heavy (non-hydrogen) atoms. The van der Waals surface area contributed by atoms with E-state index in [2.05, 4.69) is 0 Å². The van der Waals surface area contributed by atoms with Gasteiger partial charge in [-0.15, -0.1) is 0 Å². The number of hydrogen-bond donors (Lipinski definition) is 3. The third-order valence-corrected chi connectivity index (χ3v) is 6.43. The van der Waals surface area contributed by atoms with Crippen LogP contribution >= 0.6 is 0 Å². The van der Waals surface area contributed by atoms with Crippen LogP contribution in [0.25, 0.3) is 0 Å². The van der Waals surface area contributed by atoms with Gasteiger partial charge in [0, 0.05) is 5.41 Å². The van der Waals surface area contributed by atoms with E-state index in [9.17, 15) is 20.1 Å². The number of rotatable bonds is 1. The lowest BCUT2D eigenvalue weighted by Gasteiger charge is -2.58. The Kier molecular flexibility index (Phi) is 2.47. The van der Waals surface area contributed by atoms with Crippen molar-refractivity contribution >= 4 is 5.78 Å². The van der Waals surface area contributed by atoms with Crippen LogP contribution in [0.2, 0.25) is 0 Å². The minimum atomic E-state index is -1.35. The largest absolute Gasteiger partial charge is 0.396 e. The molecule has 3 unspecified atom stereocenters. The van der Waals surface area contributed by atoms with Crippen LogP contribution in [0.1, 0.15) is 20.3 Å². The van der Waals surface area contributed by atoms with Crippen molar-refractivity contribution in [2.75, 3.05) is 13.2 Å². The van der Waals surface area contributed by atoms with Crippen LogP contribution in [0.5, 0.6) is 0 Å². The molecule has 3 N–H and O–H groups in total. The van der Waals surface area contributed by atoms with Crippen LogP contribution < -0.4 is 0 Å². The lowest BCUT2D eigenvalue weighted by atomic mass is 9.50. The first-order valence-electron chi connectivity index (χ1n) is 7.33. The van der Waals surface area contributed by atoms with Crippen molar-refractivity contribution < 1.29 is 29.6 Å². The fraction of sp³-hybridized carbons (Fsp3) is 0.800. The Morgan fingerprint density at radius 3 is 2.67 bits per heavy atom. The first kappa shape index (κ1) is 13.8. The molecule has 0 radical (unpaired) electrons. The highest BCUT2D eigenvalue weighted by Crippen LogP contribution is 2.70. The summed E-state index contributed by atoms with van der Waals surface area (Å²) in [6, 6.07) is 0. The summed E-state index contributed by atoms with van der Waals surface area (Å²) in [6.07, 6.45) is -1.14. The van der Waals surface area contributed by atoms with E-state index in [1.54, 1.807) is 13.0 Å². The Morgan fingerprint density at radius 2 is 2.10 bits per heavy atom. The SMILES string of the molecule is CC1=CC2O[C@@H]3[C@H](O)C[C@](C)(C2(CO)C(O)C1=O)[C@]31CO1. The molecular formula is C15H20O6. The van der Waals surface area contributed by atoms with Gasteiger partial charge in [0.25, 0.3) is 0 Å². The molecule has 0 aromatic rings. The van der Waals surface area contributed by atoms with Crippen LogP contribution in [-0.2, 0) is 14.3 Å². The molecule has 0 aromatic heterocycles. The Morgan fingerprint density at radius 1 is 1.43 bits per heavy atom. The molecule has 2 aliphatic carbocycles. The fourth-order valence-electron chi connectivity index (χ4n) is 5.02. The number of ketones is 1. The molecule has 0 aromatic carbocycles. The quantitative estimate of drug-likeness (QED) is 0.546. The molecule has 4 aliphatic rings. The van der Waals surface area contributed by atoms with Crippen LogP contribution in [0, 0.1) is 10.8 Å². The molecular weight excluding hydrogens is 276 g/mol. The molecule has 2 heterocycles. The number of carbonyl (C=O) groups excluding carboxylic acids is 1. The normalized spacial score (nSPS) is 58.1. The standard InChI is InChI=1S/C15H20O6/c1-7-3-9-14(5-16,11(19)10(7)18)13(2)4-8(17)12(21-9)15(13)6-20-15/h3,8-9,11-12,16-17,19H,4-6H2,1-2H3/t8-,9?,11?,12-,13-,14?,15+/m1/s1. The molecule has 2 bridgehead atoms. The van der Waals surface area contributed by atoms with E-state index in [0.717, 1.165) is 0 Å². The van der Waals surface area contributed by atoms with Gasteiger partial charge in [-0.25, -0.2) is 0 Å². The first-order chi connectivity index (χ1) is 9.84. The summed E-state index contributed by atoms with van der Waals surface area (Å²) in [4.78, 5) is 12.3. The highest BCUT2D eigenvalue weighted by molar-refractivity contribution is 6.00. The number of fused-ring (bicyclic) bond motifs is 2. The van der Waals surface area contributed by atoms with Gasteiger partial charge >= 0.3 is 0 Å². The monoisotopic (exact) mass is 296 g/mol. The van der Waals surface area contributed by atoms with Crippen molar-refractivity contribution in [3.05, 3.63) is 11.6 Å². The maximum Gasteiger partial charge on any atom is 0.187 e. The number of epoxide rings is 1. The molecule has 3 fully saturated rings. The second kappa shape index (κ2) is 3.75. The van der Waals surface area contributed by atoms with Crippen molar-refractivity contribution in [2.24, 2.45) is 10.8 Å². The summed E-state index contributed by atoms with van der Waals surface area (Å²) in [5.74, 6) is -0.388. The van der Waals surface area contributed by atoms with Gasteiger partial charge < -0.3 is 24.8 Å². The maximum absolute atomic E-state index is 12.3. The highest BCUT2D eigenvalue weighted by atomic mass is 16.6. The van der Waals surface area contributed by atoms with Crippen LogP contribution in [0.4, 0.5) is 0 Å². The number of aliphatic hydroxyl groups is 3. The Labute approximate surface area is 122 Å². The Hall–Kier alpha value is -0.790. The topological polar surface area (TPSA) is 99.5 Å². The molecule has 0 amide bonds. The zero-order chi connectivity index (χ0) is 15.2. The Balaban J connectivity index is 1.95. The predicted molar refractivity (Wildman–Crippen MR) is 70.4 cm³/mol. The summed E-state index contributed by atoms with van der Waals surface area (Å²) in [7, 11) is 0. The number of aliphatic hydroxyl groups excluding tert-OH is 3. The molecule has 1 saturated carbocycles. The molecule has 2 saturated heterocycles. The van der Waals surface area contributed by atoms with E-state index in [-0.39, 0.29) is 5.78 Å². The van der Waals surface area contributed by atoms with E-state index in [1.165, 1.54) is 0 Å². The fourth-order valence-corrected chi connectivity index (χ4v) is 5.02. The zero-order valence-corrected chi connectivity index (χ0v) is 12.1. The third kappa shape index (κ3) is 1.22. The summed E-state index contributed by atoms with van der Waals surface area (Å²) < 4.78 is 11.6. The van der Waals surface area contributed by atoms with Gasteiger partial charge in [-0.2, -0.15) is 0 Å². The van der Waals surface area contributed by atoms with Crippen molar-refractivity contribution in [3.8, 4) is 0 Å². The summed E-state index contributed by atoms with van der Waals surface area (Å²) in [5.41, 5.74) is -2.16. The van der Waals surface area contributed by atoms with E-state index in [1.807, 2.05) is 6.92 Å². The van der Waals surface area contributed by atoms with Crippen molar-refractivity contribution in [1.29, 1.82) is 0 Å². The van der Waals surface area contributed by atoms with Gasteiger partial charge in [0.1, 0.15) is 17.8 Å². The van der Waals surface area contributed by atoms with Gasteiger partial charge in [-0.1, -0.05) is 6.92 Å². The number of hydrogen-bond acceptors (Lipinski definition) is 6. The highest BCUT2D eigenvalue weighted by Gasteiger charge is 2.83.